The van der Waals surface area contributed by atoms with Crippen LogP contribution in [0, 0.1) is 6.92 Å². The zero-order valence-corrected chi connectivity index (χ0v) is 12.7. The van der Waals surface area contributed by atoms with E-state index >= 15 is 0 Å². The minimum atomic E-state index is -0.454. The fourth-order valence-corrected chi connectivity index (χ4v) is 1.48. The van der Waals surface area contributed by atoms with Gasteiger partial charge in [0.05, 0.1) is 0 Å². The summed E-state index contributed by atoms with van der Waals surface area (Å²) in [6.45, 7) is 9.48. The summed E-state index contributed by atoms with van der Waals surface area (Å²) < 4.78 is 10.1. The highest BCUT2D eigenvalue weighted by atomic mass is 16.6. The van der Waals surface area contributed by atoms with E-state index in [2.05, 4.69) is 20.8 Å². The van der Waals surface area contributed by atoms with Gasteiger partial charge >= 0.3 is 6.09 Å². The Morgan fingerprint density at radius 1 is 1.30 bits per heavy atom. The number of nitrogens with zero attached hydrogens (tertiary/aromatic N) is 2. The number of nitrogens with one attached hydrogen (secondary N) is 2. The molecule has 20 heavy (non-hydrogen) atoms. The molecule has 1 aromatic heterocycles. The number of amides is 1. The summed E-state index contributed by atoms with van der Waals surface area (Å²) in [5, 5.41) is 9.67. The lowest BCUT2D eigenvalue weighted by Gasteiger charge is -2.19. The van der Waals surface area contributed by atoms with E-state index in [1.54, 1.807) is 6.92 Å². The van der Waals surface area contributed by atoms with Crippen LogP contribution in [0.25, 0.3) is 0 Å². The molecule has 0 aliphatic rings. The quantitative estimate of drug-likeness (QED) is 0.736. The zero-order valence-electron chi connectivity index (χ0n) is 12.7. The van der Waals surface area contributed by atoms with Crippen molar-refractivity contribution < 1.29 is 14.1 Å². The molecule has 0 saturated carbocycles. The second kappa shape index (κ2) is 7.84. The zero-order chi connectivity index (χ0) is 15.0. The van der Waals surface area contributed by atoms with Crippen LogP contribution in [0.3, 0.4) is 0 Å². The summed E-state index contributed by atoms with van der Waals surface area (Å²) in [5.41, 5.74) is -0.454. The SMILES string of the molecule is Cc1noc(CCNCCCNC(=O)OC(C)(C)C)n1. The third kappa shape index (κ3) is 7.73. The standard InChI is InChI=1S/C13H24N4O3/c1-10-16-11(20-17-10)6-9-14-7-5-8-15-12(18)19-13(2,3)4/h14H,5-9H2,1-4H3,(H,15,18). The van der Waals surface area contributed by atoms with Crippen LogP contribution < -0.4 is 10.6 Å². The van der Waals surface area contributed by atoms with Crippen molar-refractivity contribution in [2.24, 2.45) is 0 Å². The van der Waals surface area contributed by atoms with Crippen molar-refractivity contribution in [1.82, 2.24) is 20.8 Å². The van der Waals surface area contributed by atoms with Crippen molar-refractivity contribution in [3.05, 3.63) is 11.7 Å². The van der Waals surface area contributed by atoms with Gasteiger partial charge in [-0.2, -0.15) is 4.98 Å². The van der Waals surface area contributed by atoms with E-state index in [0.717, 1.165) is 19.5 Å². The van der Waals surface area contributed by atoms with Gasteiger partial charge in [-0.3, -0.25) is 0 Å². The number of carbonyl (C=O) groups excluding carboxylic acids is 1. The first-order valence-electron chi connectivity index (χ1n) is 6.83. The molecule has 0 aliphatic carbocycles. The molecule has 1 rings (SSSR count). The highest BCUT2D eigenvalue weighted by Gasteiger charge is 2.15. The molecular weight excluding hydrogens is 260 g/mol. The smallest absolute Gasteiger partial charge is 0.407 e. The molecule has 1 amide bonds. The molecule has 0 atom stereocenters. The van der Waals surface area contributed by atoms with E-state index in [-0.39, 0.29) is 6.09 Å². The largest absolute Gasteiger partial charge is 0.444 e. The minimum absolute atomic E-state index is 0.376. The van der Waals surface area contributed by atoms with Crippen LogP contribution in [-0.4, -0.2) is 41.5 Å². The Morgan fingerprint density at radius 3 is 2.65 bits per heavy atom. The Hall–Kier alpha value is -1.63. The Kier molecular flexibility index (Phi) is 6.44. The van der Waals surface area contributed by atoms with Crippen LogP contribution in [0.2, 0.25) is 0 Å². The molecule has 1 heterocycles. The van der Waals surface area contributed by atoms with E-state index in [0.29, 0.717) is 24.7 Å². The highest BCUT2D eigenvalue weighted by molar-refractivity contribution is 5.67. The Balaban J connectivity index is 1.96. The molecule has 1 aromatic rings. The summed E-state index contributed by atoms with van der Waals surface area (Å²) in [5.74, 6) is 1.29. The first-order valence-corrected chi connectivity index (χ1v) is 6.83. The molecule has 0 spiro atoms. The lowest BCUT2D eigenvalue weighted by atomic mass is 10.2. The Bertz CT molecular complexity index is 412. The molecule has 0 aliphatic heterocycles. The van der Waals surface area contributed by atoms with Crippen molar-refractivity contribution in [3.63, 3.8) is 0 Å². The first kappa shape index (κ1) is 16.4. The molecule has 0 aromatic carbocycles. The van der Waals surface area contributed by atoms with Crippen molar-refractivity contribution in [1.29, 1.82) is 0 Å². The van der Waals surface area contributed by atoms with Crippen LogP contribution in [0.5, 0.6) is 0 Å². The first-order chi connectivity index (χ1) is 9.37. The number of carbonyl (C=O) groups is 1. The van der Waals surface area contributed by atoms with Crippen LogP contribution in [0.15, 0.2) is 4.52 Å². The molecule has 7 heteroatoms. The summed E-state index contributed by atoms with van der Waals surface area (Å²) in [4.78, 5) is 15.5. The van der Waals surface area contributed by atoms with E-state index in [1.807, 2.05) is 20.8 Å². The number of alkyl carbamates (subject to hydrolysis) is 1. The molecule has 7 nitrogen and oxygen atoms in total. The van der Waals surface area contributed by atoms with Crippen LogP contribution >= 0.6 is 0 Å². The maximum Gasteiger partial charge on any atom is 0.407 e. The highest BCUT2D eigenvalue weighted by Crippen LogP contribution is 2.06. The molecule has 0 saturated heterocycles. The Morgan fingerprint density at radius 2 is 2.05 bits per heavy atom. The second-order valence-corrected chi connectivity index (χ2v) is 5.52. The van der Waals surface area contributed by atoms with Crippen LogP contribution in [0.4, 0.5) is 4.79 Å². The van der Waals surface area contributed by atoms with Gasteiger partial charge in [-0.05, 0) is 40.7 Å². The molecule has 114 valence electrons. The number of aromatic nitrogens is 2. The van der Waals surface area contributed by atoms with Gasteiger partial charge in [-0.15, -0.1) is 0 Å². The van der Waals surface area contributed by atoms with Gasteiger partial charge in [0.15, 0.2) is 5.82 Å². The number of hydrogen-bond donors (Lipinski definition) is 2. The topological polar surface area (TPSA) is 89.3 Å². The third-order valence-corrected chi connectivity index (χ3v) is 2.28. The predicted octanol–water partition coefficient (Wildman–Crippen LogP) is 1.42. The van der Waals surface area contributed by atoms with Gasteiger partial charge < -0.3 is 19.9 Å². The molecule has 0 radical (unpaired) electrons. The van der Waals surface area contributed by atoms with Gasteiger partial charge in [0.1, 0.15) is 5.60 Å². The fourth-order valence-electron chi connectivity index (χ4n) is 1.48. The Labute approximate surface area is 119 Å². The van der Waals surface area contributed by atoms with Gasteiger partial charge in [-0.1, -0.05) is 5.16 Å². The second-order valence-electron chi connectivity index (χ2n) is 5.52. The van der Waals surface area contributed by atoms with E-state index < -0.39 is 5.60 Å². The fraction of sp³-hybridized carbons (Fsp3) is 0.769. The van der Waals surface area contributed by atoms with Crippen molar-refractivity contribution in [3.8, 4) is 0 Å². The van der Waals surface area contributed by atoms with E-state index in [4.69, 9.17) is 9.26 Å². The van der Waals surface area contributed by atoms with Gasteiger partial charge in [0, 0.05) is 19.5 Å². The molecular formula is C13H24N4O3. The van der Waals surface area contributed by atoms with Gasteiger partial charge in [0.25, 0.3) is 0 Å². The molecule has 0 unspecified atom stereocenters. The number of hydrogen-bond acceptors (Lipinski definition) is 6. The van der Waals surface area contributed by atoms with Gasteiger partial charge in [-0.25, -0.2) is 4.79 Å². The predicted molar refractivity (Wildman–Crippen MR) is 74.5 cm³/mol. The van der Waals surface area contributed by atoms with Gasteiger partial charge in [0.2, 0.25) is 5.89 Å². The van der Waals surface area contributed by atoms with Crippen molar-refractivity contribution >= 4 is 6.09 Å². The maximum atomic E-state index is 11.4. The third-order valence-electron chi connectivity index (χ3n) is 2.28. The number of rotatable bonds is 7. The van der Waals surface area contributed by atoms with Crippen molar-refractivity contribution in [2.75, 3.05) is 19.6 Å². The van der Waals surface area contributed by atoms with Crippen molar-refractivity contribution in [2.45, 2.75) is 46.1 Å². The summed E-state index contributed by atoms with van der Waals surface area (Å²) >= 11 is 0. The maximum absolute atomic E-state index is 11.4. The lowest BCUT2D eigenvalue weighted by Crippen LogP contribution is -2.34. The summed E-state index contributed by atoms with van der Waals surface area (Å²) in [7, 11) is 0. The lowest BCUT2D eigenvalue weighted by molar-refractivity contribution is 0.0527. The van der Waals surface area contributed by atoms with E-state index in [9.17, 15) is 4.79 Å². The minimum Gasteiger partial charge on any atom is -0.444 e. The summed E-state index contributed by atoms with van der Waals surface area (Å²) in [6, 6.07) is 0. The number of aryl methyl sites for hydroxylation is 1. The monoisotopic (exact) mass is 284 g/mol. The summed E-state index contributed by atoms with van der Waals surface area (Å²) in [6.07, 6.45) is 1.17. The molecule has 0 bridgehead atoms. The number of ether oxygens (including phenoxy) is 1. The van der Waals surface area contributed by atoms with E-state index in [1.165, 1.54) is 0 Å². The van der Waals surface area contributed by atoms with Crippen LogP contribution in [0.1, 0.15) is 38.9 Å². The van der Waals surface area contributed by atoms with Crippen LogP contribution in [-0.2, 0) is 11.2 Å². The molecule has 2 N–H and O–H groups in total. The average Bonchev–Trinajstić information content (AvgIpc) is 2.71. The normalized spacial score (nSPS) is 11.4. The molecule has 0 fully saturated rings. The average molecular weight is 284 g/mol.